The lowest BCUT2D eigenvalue weighted by Crippen LogP contribution is -2.49. The zero-order chi connectivity index (χ0) is 22.7. The summed E-state index contributed by atoms with van der Waals surface area (Å²) in [7, 11) is 1.47. The molecule has 2 aromatic rings. The predicted molar refractivity (Wildman–Crippen MR) is 119 cm³/mol. The number of ether oxygens (including phenoxy) is 3. The van der Waals surface area contributed by atoms with Gasteiger partial charge in [-0.05, 0) is 56.4 Å². The zero-order valence-corrected chi connectivity index (χ0v) is 18.8. The topological polar surface area (TPSA) is 84.7 Å². The third kappa shape index (κ3) is 4.42. The Morgan fingerprint density at radius 1 is 1.19 bits per heavy atom. The van der Waals surface area contributed by atoms with Crippen molar-refractivity contribution in [3.63, 3.8) is 0 Å². The molecule has 7 heteroatoms. The molecule has 1 aromatic carbocycles. The fraction of sp³-hybridized carbons (Fsp3) is 0.480. The molecule has 0 spiro atoms. The maximum atomic E-state index is 13.3. The van der Waals surface area contributed by atoms with Gasteiger partial charge >= 0.3 is 0 Å². The highest BCUT2D eigenvalue weighted by Crippen LogP contribution is 2.37. The molecule has 0 bridgehead atoms. The number of pyridine rings is 1. The van der Waals surface area contributed by atoms with Crippen LogP contribution in [-0.4, -0.2) is 55.3 Å². The van der Waals surface area contributed by atoms with Gasteiger partial charge in [0.25, 0.3) is 5.91 Å². The number of hydrogen-bond donors (Lipinski definition) is 0. The van der Waals surface area contributed by atoms with Gasteiger partial charge in [0.05, 0.1) is 18.8 Å². The number of methoxy groups -OCH3 is 1. The molecule has 0 atom stereocenters. The molecular formula is C25H29N3O4. The van der Waals surface area contributed by atoms with Crippen molar-refractivity contribution in [3.8, 4) is 17.6 Å². The highest BCUT2D eigenvalue weighted by Gasteiger charge is 2.36. The maximum absolute atomic E-state index is 13.3. The van der Waals surface area contributed by atoms with Crippen LogP contribution in [0.1, 0.15) is 65.7 Å². The number of carbonyl (C=O) groups excluding carboxylic acids is 1. The summed E-state index contributed by atoms with van der Waals surface area (Å²) in [6.45, 7) is 6.56. The summed E-state index contributed by atoms with van der Waals surface area (Å²) in [6, 6.07) is 9.63. The Labute approximate surface area is 188 Å². The standard InChI is InChI=1S/C25H29N3O4/c1-16(2)32-22-7-5-18(12-26)24(30-3)23(22)25(29)28-14-20(15-28)21-6-4-19(13-27-21)17-8-10-31-11-9-17/h4-7,13,16-17,20H,8-11,14-15H2,1-3H3. The summed E-state index contributed by atoms with van der Waals surface area (Å²) in [5, 5.41) is 9.43. The van der Waals surface area contributed by atoms with Gasteiger partial charge in [0.1, 0.15) is 17.4 Å². The van der Waals surface area contributed by atoms with Crippen molar-refractivity contribution in [1.82, 2.24) is 9.88 Å². The predicted octanol–water partition coefficient (Wildman–Crippen LogP) is 3.88. The Morgan fingerprint density at radius 3 is 2.53 bits per heavy atom. The molecule has 2 fully saturated rings. The number of rotatable bonds is 6. The van der Waals surface area contributed by atoms with Crippen LogP contribution >= 0.6 is 0 Å². The van der Waals surface area contributed by atoms with Crippen LogP contribution in [0.15, 0.2) is 30.5 Å². The Kier molecular flexibility index (Phi) is 6.61. The molecule has 32 heavy (non-hydrogen) atoms. The van der Waals surface area contributed by atoms with Crippen LogP contribution in [-0.2, 0) is 4.74 Å². The molecule has 2 aliphatic heterocycles. The number of aromatic nitrogens is 1. The van der Waals surface area contributed by atoms with Crippen LogP contribution < -0.4 is 9.47 Å². The molecule has 2 saturated heterocycles. The van der Waals surface area contributed by atoms with Crippen molar-refractivity contribution >= 4 is 5.91 Å². The maximum Gasteiger partial charge on any atom is 0.261 e. The van der Waals surface area contributed by atoms with E-state index in [0.717, 1.165) is 31.7 Å². The lowest BCUT2D eigenvalue weighted by Gasteiger charge is -2.39. The lowest BCUT2D eigenvalue weighted by atomic mass is 9.90. The molecule has 0 radical (unpaired) electrons. The molecule has 0 saturated carbocycles. The quantitative estimate of drug-likeness (QED) is 0.685. The van der Waals surface area contributed by atoms with E-state index in [1.807, 2.05) is 20.0 Å². The normalized spacial score (nSPS) is 17.0. The number of nitrogens with zero attached hydrogens (tertiary/aromatic N) is 3. The van der Waals surface area contributed by atoms with E-state index in [-0.39, 0.29) is 23.7 Å². The Bertz CT molecular complexity index is 1000. The second-order valence-corrected chi connectivity index (χ2v) is 8.61. The van der Waals surface area contributed by atoms with Crippen LogP contribution in [0, 0.1) is 11.3 Å². The molecule has 4 rings (SSSR count). The first-order valence-corrected chi connectivity index (χ1v) is 11.1. The fourth-order valence-corrected chi connectivity index (χ4v) is 4.34. The van der Waals surface area contributed by atoms with Crippen LogP contribution in [0.3, 0.4) is 0 Å². The molecule has 2 aliphatic rings. The monoisotopic (exact) mass is 435 g/mol. The first kappa shape index (κ1) is 22.1. The van der Waals surface area contributed by atoms with E-state index < -0.39 is 0 Å². The molecule has 168 valence electrons. The van der Waals surface area contributed by atoms with Gasteiger partial charge in [0.2, 0.25) is 0 Å². The van der Waals surface area contributed by atoms with Gasteiger partial charge in [-0.3, -0.25) is 9.78 Å². The number of nitriles is 1. The molecule has 0 unspecified atom stereocenters. The number of amides is 1. The summed E-state index contributed by atoms with van der Waals surface area (Å²) in [5.74, 6) is 1.22. The van der Waals surface area contributed by atoms with Crippen LogP contribution in [0.2, 0.25) is 0 Å². The number of likely N-dealkylation sites (tertiary alicyclic amines) is 1. The highest BCUT2D eigenvalue weighted by atomic mass is 16.5. The van der Waals surface area contributed by atoms with E-state index in [9.17, 15) is 10.1 Å². The first-order valence-electron chi connectivity index (χ1n) is 11.1. The van der Waals surface area contributed by atoms with Crippen molar-refractivity contribution in [2.45, 2.75) is 44.6 Å². The van der Waals surface area contributed by atoms with Crippen molar-refractivity contribution in [2.75, 3.05) is 33.4 Å². The van der Waals surface area contributed by atoms with Gasteiger partial charge in [-0.25, -0.2) is 0 Å². The Hall–Kier alpha value is -3.11. The summed E-state index contributed by atoms with van der Waals surface area (Å²) in [5.41, 5.74) is 2.88. The minimum atomic E-state index is -0.190. The number of benzene rings is 1. The van der Waals surface area contributed by atoms with Crippen molar-refractivity contribution in [3.05, 3.63) is 52.8 Å². The van der Waals surface area contributed by atoms with Crippen molar-refractivity contribution < 1.29 is 19.0 Å². The summed E-state index contributed by atoms with van der Waals surface area (Å²) in [4.78, 5) is 19.8. The Morgan fingerprint density at radius 2 is 1.94 bits per heavy atom. The average molecular weight is 436 g/mol. The van der Waals surface area contributed by atoms with Gasteiger partial charge in [0, 0.05) is 44.1 Å². The molecule has 3 heterocycles. The molecule has 1 amide bonds. The average Bonchev–Trinajstić information content (AvgIpc) is 2.78. The van der Waals surface area contributed by atoms with Crippen LogP contribution in [0.25, 0.3) is 0 Å². The fourth-order valence-electron chi connectivity index (χ4n) is 4.34. The SMILES string of the molecule is COc1c(C#N)ccc(OC(C)C)c1C(=O)N1CC(c2ccc(C3CCOCC3)cn2)C1. The second kappa shape index (κ2) is 9.58. The van der Waals surface area contributed by atoms with Crippen LogP contribution in [0.5, 0.6) is 11.5 Å². The van der Waals surface area contributed by atoms with Gasteiger partial charge in [-0.1, -0.05) is 6.07 Å². The van der Waals surface area contributed by atoms with E-state index in [2.05, 4.69) is 23.2 Å². The third-order valence-corrected chi connectivity index (χ3v) is 6.11. The van der Waals surface area contributed by atoms with Gasteiger partial charge in [0.15, 0.2) is 5.75 Å². The summed E-state index contributed by atoms with van der Waals surface area (Å²) >= 11 is 0. The lowest BCUT2D eigenvalue weighted by molar-refractivity contribution is 0.0589. The van der Waals surface area contributed by atoms with Gasteiger partial charge in [-0.2, -0.15) is 5.26 Å². The molecule has 1 aromatic heterocycles. The van der Waals surface area contributed by atoms with Crippen molar-refractivity contribution in [2.24, 2.45) is 0 Å². The minimum Gasteiger partial charge on any atom is -0.494 e. The summed E-state index contributed by atoms with van der Waals surface area (Å²) < 4.78 is 16.7. The second-order valence-electron chi connectivity index (χ2n) is 8.61. The smallest absolute Gasteiger partial charge is 0.261 e. The van der Waals surface area contributed by atoms with Gasteiger partial charge < -0.3 is 19.1 Å². The molecular weight excluding hydrogens is 406 g/mol. The minimum absolute atomic E-state index is 0.109. The number of hydrogen-bond acceptors (Lipinski definition) is 6. The highest BCUT2D eigenvalue weighted by molar-refractivity contribution is 6.01. The third-order valence-electron chi connectivity index (χ3n) is 6.11. The number of carbonyl (C=O) groups is 1. The zero-order valence-electron chi connectivity index (χ0n) is 18.8. The Balaban J connectivity index is 1.48. The molecule has 0 aliphatic carbocycles. The largest absolute Gasteiger partial charge is 0.494 e. The molecule has 7 nitrogen and oxygen atoms in total. The van der Waals surface area contributed by atoms with E-state index >= 15 is 0 Å². The molecule has 0 N–H and O–H groups in total. The van der Waals surface area contributed by atoms with E-state index in [1.165, 1.54) is 12.7 Å². The van der Waals surface area contributed by atoms with E-state index in [0.29, 0.717) is 35.9 Å². The van der Waals surface area contributed by atoms with E-state index in [4.69, 9.17) is 14.2 Å². The van der Waals surface area contributed by atoms with E-state index in [1.54, 1.807) is 17.0 Å². The first-order chi connectivity index (χ1) is 15.5. The van der Waals surface area contributed by atoms with Crippen LogP contribution in [0.4, 0.5) is 0 Å². The van der Waals surface area contributed by atoms with Gasteiger partial charge in [-0.15, -0.1) is 0 Å². The van der Waals surface area contributed by atoms with Crippen molar-refractivity contribution in [1.29, 1.82) is 5.26 Å². The summed E-state index contributed by atoms with van der Waals surface area (Å²) in [6.07, 6.45) is 3.94.